The number of aromatic amines is 1. The van der Waals surface area contributed by atoms with Crippen molar-refractivity contribution in [1.29, 1.82) is 0 Å². The summed E-state index contributed by atoms with van der Waals surface area (Å²) in [7, 11) is -3.66. The minimum atomic E-state index is -3.66. The largest absolute Gasteiger partial charge is 0.395 e. The van der Waals surface area contributed by atoms with E-state index in [4.69, 9.17) is 5.11 Å². The Bertz CT molecular complexity index is 951. The highest BCUT2D eigenvalue weighted by molar-refractivity contribution is 7.89. The molecule has 25 heavy (non-hydrogen) atoms. The lowest BCUT2D eigenvalue weighted by Gasteiger charge is -2.07. The second-order valence-corrected chi connectivity index (χ2v) is 7.93. The highest BCUT2D eigenvalue weighted by atomic mass is 32.2. The van der Waals surface area contributed by atoms with Crippen LogP contribution in [-0.4, -0.2) is 41.9 Å². The number of H-pyrrole nitrogens is 1. The van der Waals surface area contributed by atoms with Gasteiger partial charge in [0.1, 0.15) is 0 Å². The monoisotopic (exact) mass is 379 g/mol. The van der Waals surface area contributed by atoms with E-state index in [9.17, 15) is 8.42 Å². The van der Waals surface area contributed by atoms with E-state index in [2.05, 4.69) is 25.2 Å². The Morgan fingerprint density at radius 3 is 2.88 bits per heavy atom. The zero-order valence-electron chi connectivity index (χ0n) is 13.4. The van der Waals surface area contributed by atoms with Crippen LogP contribution in [0, 0.1) is 6.92 Å². The van der Waals surface area contributed by atoms with Gasteiger partial charge >= 0.3 is 0 Å². The number of anilines is 2. The van der Waals surface area contributed by atoms with E-state index in [-0.39, 0.29) is 18.0 Å². The molecule has 0 aliphatic rings. The zero-order valence-corrected chi connectivity index (χ0v) is 15.0. The van der Waals surface area contributed by atoms with Crippen LogP contribution in [0.15, 0.2) is 41.4 Å². The van der Waals surface area contributed by atoms with Gasteiger partial charge in [-0.2, -0.15) is 5.10 Å². The second-order valence-electron chi connectivity index (χ2n) is 5.17. The number of aryl methyl sites for hydroxylation is 1. The van der Waals surface area contributed by atoms with E-state index in [1.807, 2.05) is 13.0 Å². The van der Waals surface area contributed by atoms with Crippen LogP contribution in [0.2, 0.25) is 0 Å². The molecular weight excluding hydrogens is 362 g/mol. The van der Waals surface area contributed by atoms with Crippen molar-refractivity contribution in [3.8, 4) is 10.4 Å². The van der Waals surface area contributed by atoms with Gasteiger partial charge in [-0.15, -0.1) is 0 Å². The first kappa shape index (κ1) is 17.5. The summed E-state index contributed by atoms with van der Waals surface area (Å²) < 4.78 is 26.8. The summed E-state index contributed by atoms with van der Waals surface area (Å²) in [6, 6.07) is 8.42. The molecule has 0 saturated heterocycles. The molecule has 0 atom stereocenters. The van der Waals surface area contributed by atoms with Crippen molar-refractivity contribution in [3.05, 3.63) is 42.2 Å². The number of nitrogens with one attached hydrogen (secondary N) is 3. The third-order valence-electron chi connectivity index (χ3n) is 3.34. The first-order valence-electron chi connectivity index (χ1n) is 7.45. The van der Waals surface area contributed by atoms with Gasteiger partial charge in [0.15, 0.2) is 10.9 Å². The third-order valence-corrected chi connectivity index (χ3v) is 5.92. The number of aromatic nitrogens is 3. The third kappa shape index (κ3) is 4.04. The van der Waals surface area contributed by atoms with E-state index in [1.54, 1.807) is 24.4 Å². The number of thiazole rings is 1. The first-order valence-corrected chi connectivity index (χ1v) is 9.75. The molecule has 2 aromatic heterocycles. The lowest BCUT2D eigenvalue weighted by Crippen LogP contribution is -2.26. The molecule has 1 aromatic carbocycles. The number of aliphatic hydroxyl groups excluding tert-OH is 1. The summed E-state index contributed by atoms with van der Waals surface area (Å²) in [6.45, 7) is 1.59. The molecule has 0 fully saturated rings. The summed E-state index contributed by atoms with van der Waals surface area (Å²) in [4.78, 5) is 5.48. The van der Waals surface area contributed by atoms with Crippen LogP contribution in [-0.2, 0) is 10.0 Å². The SMILES string of the molecule is Cc1nc(Nc2cc[nH]n2)sc1-c1cccc(S(=O)(=O)NCCO)c1. The zero-order chi connectivity index (χ0) is 17.9. The predicted octanol–water partition coefficient (Wildman–Crippen LogP) is 1.86. The van der Waals surface area contributed by atoms with Crippen molar-refractivity contribution in [3.63, 3.8) is 0 Å². The Morgan fingerprint density at radius 1 is 1.32 bits per heavy atom. The Labute approximate surface area is 149 Å². The number of hydrogen-bond donors (Lipinski definition) is 4. The lowest BCUT2D eigenvalue weighted by atomic mass is 10.2. The molecule has 0 unspecified atom stereocenters. The Kier molecular flexibility index (Phi) is 5.13. The number of benzene rings is 1. The molecule has 0 amide bonds. The van der Waals surface area contributed by atoms with Crippen LogP contribution < -0.4 is 10.0 Å². The molecule has 10 heteroatoms. The van der Waals surface area contributed by atoms with Gasteiger partial charge in [-0.25, -0.2) is 18.1 Å². The molecule has 3 rings (SSSR count). The molecular formula is C15H17N5O3S2. The van der Waals surface area contributed by atoms with Crippen LogP contribution in [0.5, 0.6) is 0 Å². The van der Waals surface area contributed by atoms with Crippen LogP contribution in [0.25, 0.3) is 10.4 Å². The molecule has 8 nitrogen and oxygen atoms in total. The van der Waals surface area contributed by atoms with E-state index < -0.39 is 10.0 Å². The highest BCUT2D eigenvalue weighted by Crippen LogP contribution is 2.34. The molecule has 3 aromatic rings. The van der Waals surface area contributed by atoms with Crippen molar-refractivity contribution >= 4 is 32.3 Å². The summed E-state index contributed by atoms with van der Waals surface area (Å²) >= 11 is 1.42. The second kappa shape index (κ2) is 7.31. The molecule has 132 valence electrons. The van der Waals surface area contributed by atoms with Gasteiger partial charge in [-0.1, -0.05) is 23.5 Å². The number of rotatable bonds is 7. The molecule has 0 aliphatic heterocycles. The molecule has 0 bridgehead atoms. The normalized spacial score (nSPS) is 11.6. The lowest BCUT2D eigenvalue weighted by molar-refractivity contribution is 0.301. The van der Waals surface area contributed by atoms with Gasteiger partial charge in [0.25, 0.3) is 0 Å². The Balaban J connectivity index is 1.89. The summed E-state index contributed by atoms with van der Waals surface area (Å²) in [5.41, 5.74) is 1.55. The molecule has 0 radical (unpaired) electrons. The number of aliphatic hydroxyl groups is 1. The topological polar surface area (TPSA) is 120 Å². The number of hydrogen-bond acceptors (Lipinski definition) is 7. The average molecular weight is 379 g/mol. The minimum absolute atomic E-state index is 0.0239. The molecule has 2 heterocycles. The van der Waals surface area contributed by atoms with Crippen LogP contribution in [0.4, 0.5) is 10.9 Å². The van der Waals surface area contributed by atoms with Crippen molar-refractivity contribution < 1.29 is 13.5 Å². The van der Waals surface area contributed by atoms with E-state index in [0.717, 1.165) is 16.1 Å². The average Bonchev–Trinajstić information content (AvgIpc) is 3.23. The number of nitrogens with zero attached hydrogens (tertiary/aromatic N) is 2. The number of sulfonamides is 1. The maximum Gasteiger partial charge on any atom is 0.240 e. The van der Waals surface area contributed by atoms with Crippen molar-refractivity contribution in [2.75, 3.05) is 18.5 Å². The van der Waals surface area contributed by atoms with Crippen molar-refractivity contribution in [1.82, 2.24) is 19.9 Å². The van der Waals surface area contributed by atoms with Crippen molar-refractivity contribution in [2.45, 2.75) is 11.8 Å². The Hall–Kier alpha value is -2.27. The predicted molar refractivity (Wildman–Crippen MR) is 96.4 cm³/mol. The fourth-order valence-corrected chi connectivity index (χ4v) is 4.26. The Morgan fingerprint density at radius 2 is 2.16 bits per heavy atom. The first-order chi connectivity index (χ1) is 12.0. The van der Waals surface area contributed by atoms with Gasteiger partial charge in [-0.05, 0) is 24.6 Å². The van der Waals surface area contributed by atoms with E-state index in [0.29, 0.717) is 10.9 Å². The fraction of sp³-hybridized carbons (Fsp3) is 0.200. The van der Waals surface area contributed by atoms with Crippen molar-refractivity contribution in [2.24, 2.45) is 0 Å². The van der Waals surface area contributed by atoms with E-state index in [1.165, 1.54) is 17.4 Å². The fourth-order valence-electron chi connectivity index (χ4n) is 2.23. The van der Waals surface area contributed by atoms with Gasteiger partial charge in [0, 0.05) is 18.8 Å². The van der Waals surface area contributed by atoms with Gasteiger partial charge in [0.05, 0.1) is 22.1 Å². The van der Waals surface area contributed by atoms with Crippen LogP contribution >= 0.6 is 11.3 Å². The minimum Gasteiger partial charge on any atom is -0.395 e. The smallest absolute Gasteiger partial charge is 0.240 e. The quantitative estimate of drug-likeness (QED) is 0.497. The van der Waals surface area contributed by atoms with Gasteiger partial charge < -0.3 is 10.4 Å². The maximum atomic E-state index is 12.2. The van der Waals surface area contributed by atoms with Gasteiger partial charge in [0.2, 0.25) is 10.0 Å². The molecule has 4 N–H and O–H groups in total. The van der Waals surface area contributed by atoms with Crippen LogP contribution in [0.3, 0.4) is 0 Å². The molecule has 0 aliphatic carbocycles. The summed E-state index contributed by atoms with van der Waals surface area (Å²) in [6.07, 6.45) is 1.71. The standard InChI is InChI=1S/C15H17N5O3S2/c1-10-14(24-15(18-10)19-13-5-6-16-20-13)11-3-2-4-12(9-11)25(22,23)17-7-8-21/h2-6,9,17,21H,7-8H2,1H3,(H2,16,18,19,20). The van der Waals surface area contributed by atoms with E-state index >= 15 is 0 Å². The highest BCUT2D eigenvalue weighted by Gasteiger charge is 2.16. The maximum absolute atomic E-state index is 12.2. The summed E-state index contributed by atoms with van der Waals surface area (Å²) in [5, 5.41) is 19.3. The van der Waals surface area contributed by atoms with Crippen LogP contribution in [0.1, 0.15) is 5.69 Å². The molecule has 0 saturated carbocycles. The summed E-state index contributed by atoms with van der Waals surface area (Å²) in [5.74, 6) is 0.657. The molecule has 0 spiro atoms. The van der Waals surface area contributed by atoms with Gasteiger partial charge in [-0.3, -0.25) is 5.10 Å².